The SMILES string of the molecule is Cn1cc(OCc2ccc(C(=O)NN)o2)cn1. The molecule has 2 aromatic heterocycles. The lowest BCUT2D eigenvalue weighted by atomic mass is 10.4. The van der Waals surface area contributed by atoms with Crippen LogP contribution in [0.25, 0.3) is 0 Å². The van der Waals surface area contributed by atoms with Crippen molar-refractivity contribution in [1.29, 1.82) is 0 Å². The van der Waals surface area contributed by atoms with E-state index in [2.05, 4.69) is 5.10 Å². The number of amides is 1. The average Bonchev–Trinajstić information content (AvgIpc) is 2.94. The van der Waals surface area contributed by atoms with Crippen molar-refractivity contribution in [3.63, 3.8) is 0 Å². The predicted molar refractivity (Wildman–Crippen MR) is 57.9 cm³/mol. The van der Waals surface area contributed by atoms with Crippen molar-refractivity contribution in [2.45, 2.75) is 6.61 Å². The number of aromatic nitrogens is 2. The molecule has 0 aliphatic heterocycles. The Bertz CT molecular complexity index is 517. The third kappa shape index (κ3) is 2.64. The summed E-state index contributed by atoms with van der Waals surface area (Å²) in [4.78, 5) is 11.1. The summed E-state index contributed by atoms with van der Waals surface area (Å²) >= 11 is 0. The Morgan fingerprint density at radius 1 is 1.65 bits per heavy atom. The number of hydrogen-bond acceptors (Lipinski definition) is 5. The number of nitrogens with one attached hydrogen (secondary N) is 1. The van der Waals surface area contributed by atoms with Crippen molar-refractivity contribution in [2.75, 3.05) is 0 Å². The second-order valence-electron chi connectivity index (χ2n) is 3.38. The lowest BCUT2D eigenvalue weighted by Crippen LogP contribution is -2.29. The zero-order chi connectivity index (χ0) is 12.3. The maximum atomic E-state index is 11.1. The minimum atomic E-state index is -0.474. The molecule has 0 unspecified atom stereocenters. The minimum absolute atomic E-state index is 0.150. The first-order valence-corrected chi connectivity index (χ1v) is 4.90. The molecule has 2 rings (SSSR count). The molecule has 0 atom stereocenters. The maximum Gasteiger partial charge on any atom is 0.300 e. The van der Waals surface area contributed by atoms with Gasteiger partial charge in [0.15, 0.2) is 11.5 Å². The number of hydrazine groups is 1. The van der Waals surface area contributed by atoms with Crippen LogP contribution in [0.2, 0.25) is 0 Å². The quantitative estimate of drug-likeness (QED) is 0.449. The fourth-order valence-electron chi connectivity index (χ4n) is 1.28. The van der Waals surface area contributed by atoms with Crippen LogP contribution < -0.4 is 16.0 Å². The smallest absolute Gasteiger partial charge is 0.300 e. The van der Waals surface area contributed by atoms with Gasteiger partial charge >= 0.3 is 5.91 Å². The molecule has 0 aliphatic carbocycles. The number of carbonyl (C=O) groups is 1. The molecule has 1 amide bonds. The Morgan fingerprint density at radius 3 is 3.12 bits per heavy atom. The van der Waals surface area contributed by atoms with E-state index in [1.54, 1.807) is 30.2 Å². The van der Waals surface area contributed by atoms with Gasteiger partial charge in [-0.3, -0.25) is 14.9 Å². The number of nitrogen functional groups attached to an aromatic ring is 1. The van der Waals surface area contributed by atoms with Crippen molar-refractivity contribution in [3.8, 4) is 5.75 Å². The molecule has 3 N–H and O–H groups in total. The third-order valence-corrected chi connectivity index (χ3v) is 2.08. The predicted octanol–water partition coefficient (Wildman–Crippen LogP) is 0.196. The molecule has 0 spiro atoms. The highest BCUT2D eigenvalue weighted by Crippen LogP contribution is 2.13. The van der Waals surface area contributed by atoms with Gasteiger partial charge in [0.05, 0.1) is 12.4 Å². The van der Waals surface area contributed by atoms with Crippen LogP contribution in [-0.2, 0) is 13.7 Å². The van der Waals surface area contributed by atoms with Crippen molar-refractivity contribution in [1.82, 2.24) is 15.2 Å². The van der Waals surface area contributed by atoms with E-state index in [0.717, 1.165) is 0 Å². The van der Waals surface area contributed by atoms with Crippen LogP contribution >= 0.6 is 0 Å². The van der Waals surface area contributed by atoms with Gasteiger partial charge in [-0.2, -0.15) is 5.10 Å². The van der Waals surface area contributed by atoms with Crippen LogP contribution in [0.1, 0.15) is 16.3 Å². The number of rotatable bonds is 4. The van der Waals surface area contributed by atoms with Gasteiger partial charge in [0.25, 0.3) is 0 Å². The van der Waals surface area contributed by atoms with Gasteiger partial charge in [-0.15, -0.1) is 0 Å². The molecule has 0 saturated carbocycles. The second-order valence-corrected chi connectivity index (χ2v) is 3.38. The molecule has 7 nitrogen and oxygen atoms in total. The van der Waals surface area contributed by atoms with E-state index in [-0.39, 0.29) is 12.4 Å². The summed E-state index contributed by atoms with van der Waals surface area (Å²) in [5, 5.41) is 3.96. The first-order valence-electron chi connectivity index (χ1n) is 4.90. The first-order chi connectivity index (χ1) is 8.19. The molecular formula is C10H12N4O3. The molecule has 7 heteroatoms. The summed E-state index contributed by atoms with van der Waals surface area (Å²) in [6.07, 6.45) is 3.33. The van der Waals surface area contributed by atoms with E-state index in [0.29, 0.717) is 11.5 Å². The Balaban J connectivity index is 1.95. The number of carbonyl (C=O) groups excluding carboxylic acids is 1. The topological polar surface area (TPSA) is 95.3 Å². The summed E-state index contributed by atoms with van der Waals surface area (Å²) in [6.45, 7) is 0.226. The van der Waals surface area contributed by atoms with Gasteiger partial charge < -0.3 is 9.15 Å². The summed E-state index contributed by atoms with van der Waals surface area (Å²) in [5.41, 5.74) is 1.98. The Kier molecular flexibility index (Phi) is 3.10. The zero-order valence-corrected chi connectivity index (χ0v) is 9.21. The molecule has 0 fully saturated rings. The monoisotopic (exact) mass is 236 g/mol. The highest BCUT2D eigenvalue weighted by molar-refractivity contribution is 5.90. The lowest BCUT2D eigenvalue weighted by molar-refractivity contribution is 0.0922. The number of hydrogen-bond donors (Lipinski definition) is 2. The van der Waals surface area contributed by atoms with Crippen LogP contribution in [0.15, 0.2) is 28.9 Å². The standard InChI is InChI=1S/C10H12N4O3/c1-14-5-8(4-12-14)16-6-7-2-3-9(17-7)10(15)13-11/h2-5H,6,11H2,1H3,(H,13,15). The van der Waals surface area contributed by atoms with Crippen LogP contribution in [0, 0.1) is 0 Å². The summed E-state index contributed by atoms with van der Waals surface area (Å²) in [7, 11) is 1.80. The number of nitrogens with zero attached hydrogens (tertiary/aromatic N) is 2. The highest BCUT2D eigenvalue weighted by atomic mass is 16.5. The molecule has 0 saturated heterocycles. The Labute approximate surface area is 97.1 Å². The molecular weight excluding hydrogens is 224 g/mol. The summed E-state index contributed by atoms with van der Waals surface area (Å²) in [6, 6.07) is 3.19. The van der Waals surface area contributed by atoms with Gasteiger partial charge in [-0.25, -0.2) is 5.84 Å². The van der Waals surface area contributed by atoms with E-state index < -0.39 is 5.91 Å². The zero-order valence-electron chi connectivity index (χ0n) is 9.21. The van der Waals surface area contributed by atoms with Gasteiger partial charge in [0.2, 0.25) is 0 Å². The highest BCUT2D eigenvalue weighted by Gasteiger charge is 2.09. The first kappa shape index (κ1) is 11.2. The van der Waals surface area contributed by atoms with Crippen LogP contribution in [-0.4, -0.2) is 15.7 Å². The van der Waals surface area contributed by atoms with E-state index in [4.69, 9.17) is 15.0 Å². The van der Waals surface area contributed by atoms with E-state index in [1.165, 1.54) is 6.07 Å². The van der Waals surface area contributed by atoms with E-state index >= 15 is 0 Å². The Hall–Kier alpha value is -2.28. The fraction of sp³-hybridized carbons (Fsp3) is 0.200. The van der Waals surface area contributed by atoms with Crippen LogP contribution in [0.4, 0.5) is 0 Å². The molecule has 90 valence electrons. The van der Waals surface area contributed by atoms with Gasteiger partial charge in [-0.05, 0) is 12.1 Å². The number of nitrogens with two attached hydrogens (primary N) is 1. The van der Waals surface area contributed by atoms with Crippen LogP contribution in [0.3, 0.4) is 0 Å². The van der Waals surface area contributed by atoms with Crippen molar-refractivity contribution in [3.05, 3.63) is 36.0 Å². The molecule has 2 heterocycles. The van der Waals surface area contributed by atoms with Crippen molar-refractivity contribution < 1.29 is 13.9 Å². The molecule has 0 aromatic carbocycles. The third-order valence-electron chi connectivity index (χ3n) is 2.08. The van der Waals surface area contributed by atoms with Crippen LogP contribution in [0.5, 0.6) is 5.75 Å². The van der Waals surface area contributed by atoms with Gasteiger partial charge in [0, 0.05) is 7.05 Å². The Morgan fingerprint density at radius 2 is 2.47 bits per heavy atom. The van der Waals surface area contributed by atoms with Gasteiger partial charge in [0.1, 0.15) is 12.4 Å². The van der Waals surface area contributed by atoms with Crippen molar-refractivity contribution >= 4 is 5.91 Å². The summed E-state index contributed by atoms with van der Waals surface area (Å²) in [5.74, 6) is 5.82. The number of ether oxygens (including phenoxy) is 1. The largest absolute Gasteiger partial charge is 0.482 e. The maximum absolute atomic E-state index is 11.1. The summed E-state index contributed by atoms with van der Waals surface area (Å²) < 4.78 is 12.2. The second kappa shape index (κ2) is 4.71. The molecule has 17 heavy (non-hydrogen) atoms. The molecule has 2 aromatic rings. The normalized spacial score (nSPS) is 10.2. The average molecular weight is 236 g/mol. The lowest BCUT2D eigenvalue weighted by Gasteiger charge is -1.99. The molecule has 0 aliphatic rings. The fourth-order valence-corrected chi connectivity index (χ4v) is 1.28. The van der Waals surface area contributed by atoms with E-state index in [9.17, 15) is 4.79 Å². The van der Waals surface area contributed by atoms with Crippen molar-refractivity contribution in [2.24, 2.45) is 12.9 Å². The van der Waals surface area contributed by atoms with E-state index in [1.807, 2.05) is 5.43 Å². The molecule has 0 radical (unpaired) electrons. The molecule has 0 bridgehead atoms. The minimum Gasteiger partial charge on any atom is -0.482 e. The van der Waals surface area contributed by atoms with Gasteiger partial charge in [-0.1, -0.05) is 0 Å². The number of aryl methyl sites for hydroxylation is 1. The number of furan rings is 1.